The first-order valence-electron chi connectivity index (χ1n) is 6.78. The van der Waals surface area contributed by atoms with Crippen molar-refractivity contribution in [1.82, 2.24) is 15.1 Å². The number of rotatable bonds is 8. The maximum Gasteiger partial charge on any atom is 0.119 e. The molecule has 4 nitrogen and oxygen atoms in total. The second kappa shape index (κ2) is 7.59. The van der Waals surface area contributed by atoms with Gasteiger partial charge in [-0.2, -0.15) is 5.10 Å². The van der Waals surface area contributed by atoms with Crippen molar-refractivity contribution in [2.75, 3.05) is 13.2 Å². The second-order valence-electron chi connectivity index (χ2n) is 4.44. The molecule has 2 aromatic rings. The molecule has 0 aliphatic carbocycles. The van der Waals surface area contributed by atoms with Crippen LogP contribution in [0.5, 0.6) is 5.75 Å². The molecule has 102 valence electrons. The maximum atomic E-state index is 5.74. The van der Waals surface area contributed by atoms with E-state index < -0.39 is 0 Å². The zero-order chi connectivity index (χ0) is 13.3. The van der Waals surface area contributed by atoms with Gasteiger partial charge in [-0.1, -0.05) is 19.1 Å². The van der Waals surface area contributed by atoms with Crippen LogP contribution in [0.3, 0.4) is 0 Å². The molecule has 0 radical (unpaired) electrons. The molecule has 0 saturated carbocycles. The van der Waals surface area contributed by atoms with E-state index in [1.807, 2.05) is 29.1 Å². The Bertz CT molecular complexity index is 468. The summed E-state index contributed by atoms with van der Waals surface area (Å²) in [6.45, 7) is 5.51. The summed E-state index contributed by atoms with van der Waals surface area (Å²) in [5.74, 6) is 0.919. The lowest BCUT2D eigenvalue weighted by Gasteiger charge is -2.09. The van der Waals surface area contributed by atoms with E-state index in [0.717, 1.165) is 31.8 Å². The molecule has 0 unspecified atom stereocenters. The molecule has 0 fully saturated rings. The molecule has 19 heavy (non-hydrogen) atoms. The van der Waals surface area contributed by atoms with Crippen LogP contribution in [0.15, 0.2) is 42.7 Å². The Kier molecular flexibility index (Phi) is 5.44. The lowest BCUT2D eigenvalue weighted by Crippen LogP contribution is -2.14. The normalized spacial score (nSPS) is 10.6. The van der Waals surface area contributed by atoms with E-state index in [9.17, 15) is 0 Å². The van der Waals surface area contributed by atoms with Gasteiger partial charge < -0.3 is 10.1 Å². The Morgan fingerprint density at radius 3 is 3.05 bits per heavy atom. The molecule has 1 heterocycles. The number of benzene rings is 1. The van der Waals surface area contributed by atoms with Crippen molar-refractivity contribution in [2.45, 2.75) is 26.4 Å². The van der Waals surface area contributed by atoms with Crippen LogP contribution in [0.4, 0.5) is 0 Å². The Hall–Kier alpha value is -1.81. The fourth-order valence-corrected chi connectivity index (χ4v) is 1.84. The van der Waals surface area contributed by atoms with Crippen molar-refractivity contribution in [2.24, 2.45) is 0 Å². The average molecular weight is 259 g/mol. The summed E-state index contributed by atoms with van der Waals surface area (Å²) < 4.78 is 7.61. The smallest absolute Gasteiger partial charge is 0.119 e. The van der Waals surface area contributed by atoms with Crippen molar-refractivity contribution < 1.29 is 4.74 Å². The van der Waals surface area contributed by atoms with Gasteiger partial charge in [0.25, 0.3) is 0 Å². The zero-order valence-electron chi connectivity index (χ0n) is 11.4. The summed E-state index contributed by atoms with van der Waals surface area (Å²) in [6.07, 6.45) is 4.87. The summed E-state index contributed by atoms with van der Waals surface area (Å²) >= 11 is 0. The molecule has 2 rings (SSSR count). The number of hydrogen-bond acceptors (Lipinski definition) is 3. The van der Waals surface area contributed by atoms with Crippen LogP contribution in [0.25, 0.3) is 0 Å². The predicted octanol–water partition coefficient (Wildman–Crippen LogP) is 2.46. The van der Waals surface area contributed by atoms with E-state index in [-0.39, 0.29) is 0 Å². The van der Waals surface area contributed by atoms with Crippen molar-refractivity contribution >= 4 is 0 Å². The number of aromatic nitrogens is 2. The largest absolute Gasteiger partial charge is 0.492 e. The Balaban J connectivity index is 1.78. The minimum atomic E-state index is 0.632. The van der Waals surface area contributed by atoms with Gasteiger partial charge in [0.1, 0.15) is 12.4 Å². The maximum absolute atomic E-state index is 5.74. The monoisotopic (exact) mass is 259 g/mol. The third-order valence-corrected chi connectivity index (χ3v) is 2.80. The van der Waals surface area contributed by atoms with Gasteiger partial charge in [-0.3, -0.25) is 4.68 Å². The molecule has 0 spiro atoms. The molecule has 4 heteroatoms. The third kappa shape index (κ3) is 4.75. The topological polar surface area (TPSA) is 39.1 Å². The van der Waals surface area contributed by atoms with E-state index in [2.05, 4.69) is 29.5 Å². The number of ether oxygens (including phenoxy) is 1. The zero-order valence-corrected chi connectivity index (χ0v) is 11.4. The van der Waals surface area contributed by atoms with Crippen LogP contribution < -0.4 is 10.1 Å². The highest BCUT2D eigenvalue weighted by Crippen LogP contribution is 2.13. The van der Waals surface area contributed by atoms with Gasteiger partial charge in [-0.05, 0) is 36.7 Å². The number of hydrogen-bond donors (Lipinski definition) is 1. The van der Waals surface area contributed by atoms with Gasteiger partial charge in [0.05, 0.1) is 6.54 Å². The lowest BCUT2D eigenvalue weighted by molar-refractivity contribution is 0.291. The van der Waals surface area contributed by atoms with Crippen LogP contribution in [0, 0.1) is 0 Å². The van der Waals surface area contributed by atoms with Crippen LogP contribution in [-0.2, 0) is 13.1 Å². The SMILES string of the molecule is CCCNCc1cccc(OCCn2cccn2)c1. The van der Waals surface area contributed by atoms with E-state index in [0.29, 0.717) is 6.61 Å². The third-order valence-electron chi connectivity index (χ3n) is 2.80. The highest BCUT2D eigenvalue weighted by Gasteiger charge is 1.97. The Morgan fingerprint density at radius 1 is 1.32 bits per heavy atom. The van der Waals surface area contributed by atoms with Gasteiger partial charge in [0.2, 0.25) is 0 Å². The Morgan fingerprint density at radius 2 is 2.26 bits per heavy atom. The summed E-state index contributed by atoms with van der Waals surface area (Å²) in [4.78, 5) is 0. The molecule has 0 aliphatic rings. The van der Waals surface area contributed by atoms with Crippen LogP contribution in [0.2, 0.25) is 0 Å². The first kappa shape index (κ1) is 13.6. The molecule has 0 saturated heterocycles. The summed E-state index contributed by atoms with van der Waals surface area (Å²) in [5.41, 5.74) is 1.25. The lowest BCUT2D eigenvalue weighted by atomic mass is 10.2. The quantitative estimate of drug-likeness (QED) is 0.740. The fraction of sp³-hybridized carbons (Fsp3) is 0.400. The molecule has 0 amide bonds. The van der Waals surface area contributed by atoms with Crippen LogP contribution in [0.1, 0.15) is 18.9 Å². The van der Waals surface area contributed by atoms with E-state index in [4.69, 9.17) is 4.74 Å². The van der Waals surface area contributed by atoms with E-state index in [1.54, 1.807) is 6.20 Å². The first-order valence-corrected chi connectivity index (χ1v) is 6.78. The van der Waals surface area contributed by atoms with Crippen molar-refractivity contribution in [3.63, 3.8) is 0 Å². The molecule has 0 bridgehead atoms. The first-order chi connectivity index (χ1) is 9.38. The molecule has 1 aromatic carbocycles. The van der Waals surface area contributed by atoms with Gasteiger partial charge >= 0.3 is 0 Å². The summed E-state index contributed by atoms with van der Waals surface area (Å²) in [5, 5.41) is 7.53. The summed E-state index contributed by atoms with van der Waals surface area (Å²) in [7, 11) is 0. The molecule has 0 aliphatic heterocycles. The van der Waals surface area contributed by atoms with Gasteiger partial charge in [0, 0.05) is 18.9 Å². The van der Waals surface area contributed by atoms with Gasteiger partial charge in [0.15, 0.2) is 0 Å². The molecule has 0 atom stereocenters. The second-order valence-corrected chi connectivity index (χ2v) is 4.44. The van der Waals surface area contributed by atoms with Crippen LogP contribution >= 0.6 is 0 Å². The van der Waals surface area contributed by atoms with Crippen LogP contribution in [-0.4, -0.2) is 22.9 Å². The highest BCUT2D eigenvalue weighted by molar-refractivity contribution is 5.28. The Labute approximate surface area is 114 Å². The fourth-order valence-electron chi connectivity index (χ4n) is 1.84. The average Bonchev–Trinajstić information content (AvgIpc) is 2.93. The van der Waals surface area contributed by atoms with Gasteiger partial charge in [-0.25, -0.2) is 0 Å². The molecular formula is C15H21N3O. The molecular weight excluding hydrogens is 238 g/mol. The van der Waals surface area contributed by atoms with Crippen molar-refractivity contribution in [3.05, 3.63) is 48.3 Å². The minimum absolute atomic E-state index is 0.632. The number of nitrogens with zero attached hydrogens (tertiary/aromatic N) is 2. The number of nitrogens with one attached hydrogen (secondary N) is 1. The van der Waals surface area contributed by atoms with Crippen molar-refractivity contribution in [3.8, 4) is 5.75 Å². The standard InChI is InChI=1S/C15H21N3O/c1-2-7-16-13-14-5-3-6-15(12-14)19-11-10-18-9-4-8-17-18/h3-6,8-9,12,16H,2,7,10-11,13H2,1H3. The predicted molar refractivity (Wildman–Crippen MR) is 76.2 cm³/mol. The highest BCUT2D eigenvalue weighted by atomic mass is 16.5. The molecule has 1 N–H and O–H groups in total. The molecule has 1 aromatic heterocycles. The van der Waals surface area contributed by atoms with Crippen molar-refractivity contribution in [1.29, 1.82) is 0 Å². The van der Waals surface area contributed by atoms with E-state index >= 15 is 0 Å². The summed E-state index contributed by atoms with van der Waals surface area (Å²) in [6, 6.07) is 10.1. The van der Waals surface area contributed by atoms with Gasteiger partial charge in [-0.15, -0.1) is 0 Å². The van der Waals surface area contributed by atoms with E-state index in [1.165, 1.54) is 5.56 Å². The minimum Gasteiger partial charge on any atom is -0.492 e.